The highest BCUT2D eigenvalue weighted by Gasteiger charge is 2.31. The van der Waals surface area contributed by atoms with Crippen LogP contribution in [0.4, 0.5) is 18.9 Å². The number of nitrogens with one attached hydrogen (secondary N) is 2. The van der Waals surface area contributed by atoms with Crippen molar-refractivity contribution < 1.29 is 27.5 Å². The second-order valence-corrected chi connectivity index (χ2v) is 6.86. The van der Waals surface area contributed by atoms with Gasteiger partial charge in [-0.1, -0.05) is 18.2 Å². The molecule has 5 nitrogen and oxygen atoms in total. The molecular formula is C21H23F3N2O3. The fourth-order valence-corrected chi connectivity index (χ4v) is 2.74. The summed E-state index contributed by atoms with van der Waals surface area (Å²) in [5.74, 6) is -0.869. The number of amides is 2. The molecule has 0 unspecified atom stereocenters. The predicted molar refractivity (Wildman–Crippen MR) is 104 cm³/mol. The molecule has 29 heavy (non-hydrogen) atoms. The molecule has 2 aromatic rings. The van der Waals surface area contributed by atoms with Crippen molar-refractivity contribution in [2.45, 2.75) is 46.0 Å². The molecule has 2 N–H and O–H groups in total. The van der Waals surface area contributed by atoms with Gasteiger partial charge < -0.3 is 15.4 Å². The molecule has 0 atom stereocenters. The Kier molecular flexibility index (Phi) is 7.25. The maximum atomic E-state index is 12.5. The normalized spacial score (nSPS) is 11.3. The van der Waals surface area contributed by atoms with E-state index in [-0.39, 0.29) is 42.0 Å². The Hall–Kier alpha value is -3.03. The van der Waals surface area contributed by atoms with Gasteiger partial charge >= 0.3 is 6.36 Å². The molecule has 0 aliphatic rings. The van der Waals surface area contributed by atoms with Crippen molar-refractivity contribution in [3.05, 3.63) is 59.2 Å². The Balaban J connectivity index is 1.98. The Morgan fingerprint density at radius 1 is 1.10 bits per heavy atom. The highest BCUT2D eigenvalue weighted by molar-refractivity contribution is 5.97. The fraction of sp³-hybridized carbons (Fsp3) is 0.333. The van der Waals surface area contributed by atoms with E-state index in [0.717, 1.165) is 0 Å². The highest BCUT2D eigenvalue weighted by Crippen LogP contribution is 2.27. The zero-order chi connectivity index (χ0) is 21.6. The average Bonchev–Trinajstić information content (AvgIpc) is 2.59. The van der Waals surface area contributed by atoms with Crippen LogP contribution in [0.3, 0.4) is 0 Å². The summed E-state index contributed by atoms with van der Waals surface area (Å²) >= 11 is 0. The van der Waals surface area contributed by atoms with E-state index in [0.29, 0.717) is 16.8 Å². The molecule has 0 aromatic heterocycles. The van der Waals surface area contributed by atoms with Gasteiger partial charge in [-0.25, -0.2) is 0 Å². The number of para-hydroxylation sites is 1. The summed E-state index contributed by atoms with van der Waals surface area (Å²) in [5, 5.41) is 5.50. The second kappa shape index (κ2) is 9.45. The third-order valence-corrected chi connectivity index (χ3v) is 3.99. The lowest BCUT2D eigenvalue weighted by Crippen LogP contribution is -2.30. The van der Waals surface area contributed by atoms with Gasteiger partial charge in [0, 0.05) is 23.7 Å². The van der Waals surface area contributed by atoms with E-state index in [1.54, 1.807) is 31.2 Å². The first-order valence-corrected chi connectivity index (χ1v) is 9.10. The number of alkyl halides is 3. The summed E-state index contributed by atoms with van der Waals surface area (Å²) in [6.07, 6.45) is -4.72. The van der Waals surface area contributed by atoms with Crippen LogP contribution in [0.15, 0.2) is 42.5 Å². The van der Waals surface area contributed by atoms with E-state index in [1.165, 1.54) is 18.2 Å². The second-order valence-electron chi connectivity index (χ2n) is 6.86. The summed E-state index contributed by atoms with van der Waals surface area (Å²) in [5.41, 5.74) is 2.00. The van der Waals surface area contributed by atoms with Crippen LogP contribution in [0.5, 0.6) is 5.75 Å². The van der Waals surface area contributed by atoms with Crippen LogP contribution in [0.1, 0.15) is 41.8 Å². The van der Waals surface area contributed by atoms with Crippen molar-refractivity contribution >= 4 is 17.5 Å². The molecule has 0 saturated heterocycles. The molecule has 0 aliphatic heterocycles. The van der Waals surface area contributed by atoms with Crippen LogP contribution in [0.2, 0.25) is 0 Å². The molecule has 0 radical (unpaired) electrons. The predicted octanol–water partition coefficient (Wildman–Crippen LogP) is 4.60. The summed E-state index contributed by atoms with van der Waals surface area (Å²) in [4.78, 5) is 24.3. The molecule has 0 fully saturated rings. The number of anilines is 1. The summed E-state index contributed by atoms with van der Waals surface area (Å²) in [6.45, 7) is 5.48. The molecule has 0 heterocycles. The molecule has 8 heteroatoms. The molecule has 0 spiro atoms. The number of hydrogen-bond acceptors (Lipinski definition) is 3. The van der Waals surface area contributed by atoms with E-state index < -0.39 is 6.36 Å². The van der Waals surface area contributed by atoms with E-state index in [9.17, 15) is 22.8 Å². The van der Waals surface area contributed by atoms with Gasteiger partial charge in [0.2, 0.25) is 5.91 Å². The Morgan fingerprint density at radius 3 is 2.41 bits per heavy atom. The minimum Gasteiger partial charge on any atom is -0.406 e. The zero-order valence-corrected chi connectivity index (χ0v) is 16.4. The molecule has 0 aliphatic carbocycles. The van der Waals surface area contributed by atoms with Gasteiger partial charge in [0.15, 0.2) is 0 Å². The Labute approximate surface area is 167 Å². The van der Waals surface area contributed by atoms with Crippen LogP contribution in [-0.4, -0.2) is 24.2 Å². The monoisotopic (exact) mass is 408 g/mol. The van der Waals surface area contributed by atoms with E-state index in [1.807, 2.05) is 13.8 Å². The van der Waals surface area contributed by atoms with E-state index in [2.05, 4.69) is 15.4 Å². The number of hydrogen-bond donors (Lipinski definition) is 2. The maximum Gasteiger partial charge on any atom is 0.573 e. The minimum atomic E-state index is -4.79. The van der Waals surface area contributed by atoms with Crippen molar-refractivity contribution in [2.75, 3.05) is 5.32 Å². The van der Waals surface area contributed by atoms with Gasteiger partial charge in [-0.05, 0) is 62.6 Å². The third-order valence-electron chi connectivity index (χ3n) is 3.99. The standard InChI is InChI=1S/C21H23F3N2O3/c1-13(2)25-20(28)17-10-9-16(12-14(17)3)26-19(27)11-8-15-6-4-5-7-18(15)29-21(22,23)24/h4-7,9-10,12-13H,8,11H2,1-3H3,(H,25,28)(H,26,27). The quantitative estimate of drug-likeness (QED) is 0.704. The zero-order valence-electron chi connectivity index (χ0n) is 16.4. The SMILES string of the molecule is Cc1cc(NC(=O)CCc2ccccc2OC(F)(F)F)ccc1C(=O)NC(C)C. The fourth-order valence-electron chi connectivity index (χ4n) is 2.74. The smallest absolute Gasteiger partial charge is 0.406 e. The number of ether oxygens (including phenoxy) is 1. The van der Waals surface area contributed by atoms with Gasteiger partial charge in [-0.3, -0.25) is 9.59 Å². The first kappa shape index (κ1) is 22.3. The number of carbonyl (C=O) groups excluding carboxylic acids is 2. The van der Waals surface area contributed by atoms with Crippen LogP contribution >= 0.6 is 0 Å². The molecule has 0 bridgehead atoms. The third kappa shape index (κ3) is 7.14. The van der Waals surface area contributed by atoms with E-state index >= 15 is 0 Å². The lowest BCUT2D eigenvalue weighted by atomic mass is 10.1. The van der Waals surface area contributed by atoms with Crippen molar-refractivity contribution in [3.8, 4) is 5.75 Å². The van der Waals surface area contributed by atoms with Crippen molar-refractivity contribution in [2.24, 2.45) is 0 Å². The van der Waals surface area contributed by atoms with Gasteiger partial charge in [-0.15, -0.1) is 13.2 Å². The topological polar surface area (TPSA) is 67.4 Å². The van der Waals surface area contributed by atoms with Crippen molar-refractivity contribution in [3.63, 3.8) is 0 Å². The Bertz CT molecular complexity index is 880. The number of halogens is 3. The first-order chi connectivity index (χ1) is 13.5. The molecule has 0 saturated carbocycles. The van der Waals surface area contributed by atoms with Crippen molar-refractivity contribution in [1.29, 1.82) is 0 Å². The summed E-state index contributed by atoms with van der Waals surface area (Å²) in [6, 6.07) is 10.6. The van der Waals surface area contributed by atoms with Gasteiger partial charge in [-0.2, -0.15) is 0 Å². The van der Waals surface area contributed by atoms with Gasteiger partial charge in [0.25, 0.3) is 5.91 Å². The molecule has 2 rings (SSSR count). The number of benzene rings is 2. The van der Waals surface area contributed by atoms with E-state index in [4.69, 9.17) is 0 Å². The Morgan fingerprint density at radius 2 is 1.79 bits per heavy atom. The average molecular weight is 408 g/mol. The molecular weight excluding hydrogens is 385 g/mol. The highest BCUT2D eigenvalue weighted by atomic mass is 19.4. The van der Waals surface area contributed by atoms with Crippen LogP contribution < -0.4 is 15.4 Å². The van der Waals surface area contributed by atoms with Crippen LogP contribution in [-0.2, 0) is 11.2 Å². The molecule has 2 amide bonds. The van der Waals surface area contributed by atoms with Crippen LogP contribution in [0, 0.1) is 6.92 Å². The largest absolute Gasteiger partial charge is 0.573 e. The number of aryl methyl sites for hydroxylation is 2. The van der Waals surface area contributed by atoms with Gasteiger partial charge in [0.05, 0.1) is 0 Å². The summed E-state index contributed by atoms with van der Waals surface area (Å²) < 4.78 is 41.4. The minimum absolute atomic E-state index is 0.00508. The molecule has 156 valence electrons. The van der Waals surface area contributed by atoms with Crippen molar-refractivity contribution in [1.82, 2.24) is 5.32 Å². The maximum absolute atomic E-state index is 12.5. The first-order valence-electron chi connectivity index (χ1n) is 9.10. The lowest BCUT2D eigenvalue weighted by molar-refractivity contribution is -0.274. The van der Waals surface area contributed by atoms with Crippen LogP contribution in [0.25, 0.3) is 0 Å². The lowest BCUT2D eigenvalue weighted by Gasteiger charge is -2.14. The molecule has 2 aromatic carbocycles. The van der Waals surface area contributed by atoms with Gasteiger partial charge in [0.1, 0.15) is 5.75 Å². The number of carbonyl (C=O) groups is 2. The number of rotatable bonds is 7. The summed E-state index contributed by atoms with van der Waals surface area (Å²) in [7, 11) is 0.